The summed E-state index contributed by atoms with van der Waals surface area (Å²) in [5, 5.41) is 3.07. The molecule has 2 saturated heterocycles. The molecule has 1 unspecified atom stereocenters. The number of hydrogen-bond acceptors (Lipinski definition) is 4. The van der Waals surface area contributed by atoms with Gasteiger partial charge in [-0.3, -0.25) is 14.5 Å². The zero-order valence-corrected chi connectivity index (χ0v) is 17.4. The predicted molar refractivity (Wildman–Crippen MR) is 119 cm³/mol. The largest absolute Gasteiger partial charge is 0.340 e. The SMILES string of the molecule is O=C(CN1CCCC1C(=O)N1CCSCC1)Nc1ccccc1-c1ccccc1. The normalized spacial score (nSPS) is 19.9. The van der Waals surface area contributed by atoms with Crippen LogP contribution in [0.2, 0.25) is 0 Å². The molecule has 2 fully saturated rings. The van der Waals surface area contributed by atoms with Crippen molar-refractivity contribution in [2.75, 3.05) is 43.0 Å². The molecule has 2 aliphatic heterocycles. The molecule has 2 aliphatic rings. The summed E-state index contributed by atoms with van der Waals surface area (Å²) in [7, 11) is 0. The van der Waals surface area contributed by atoms with Crippen LogP contribution in [-0.4, -0.2) is 65.3 Å². The van der Waals surface area contributed by atoms with Gasteiger partial charge in [0.05, 0.1) is 12.6 Å². The highest BCUT2D eigenvalue weighted by atomic mass is 32.2. The van der Waals surface area contributed by atoms with E-state index < -0.39 is 0 Å². The van der Waals surface area contributed by atoms with Gasteiger partial charge in [-0.15, -0.1) is 0 Å². The molecule has 6 heteroatoms. The Balaban J connectivity index is 1.41. The maximum atomic E-state index is 12.9. The fourth-order valence-corrected chi connectivity index (χ4v) is 5.03. The molecule has 29 heavy (non-hydrogen) atoms. The van der Waals surface area contributed by atoms with Crippen LogP contribution >= 0.6 is 11.8 Å². The van der Waals surface area contributed by atoms with Crippen molar-refractivity contribution in [1.29, 1.82) is 0 Å². The summed E-state index contributed by atoms with van der Waals surface area (Å²) >= 11 is 1.90. The van der Waals surface area contributed by atoms with Gasteiger partial charge in [0.25, 0.3) is 0 Å². The van der Waals surface area contributed by atoms with Crippen molar-refractivity contribution < 1.29 is 9.59 Å². The lowest BCUT2D eigenvalue weighted by molar-refractivity contribution is -0.136. The van der Waals surface area contributed by atoms with Crippen LogP contribution in [0.25, 0.3) is 11.1 Å². The Morgan fingerprint density at radius 3 is 2.48 bits per heavy atom. The second kappa shape index (κ2) is 9.46. The fourth-order valence-electron chi connectivity index (χ4n) is 4.13. The van der Waals surface area contributed by atoms with Crippen LogP contribution in [0, 0.1) is 0 Å². The first-order chi connectivity index (χ1) is 14.2. The van der Waals surface area contributed by atoms with Gasteiger partial charge in [-0.1, -0.05) is 48.5 Å². The lowest BCUT2D eigenvalue weighted by atomic mass is 10.0. The highest BCUT2D eigenvalue weighted by Crippen LogP contribution is 2.28. The Kier molecular flexibility index (Phi) is 6.52. The molecule has 0 aromatic heterocycles. The predicted octanol–water partition coefficient (Wildman–Crippen LogP) is 3.33. The number of nitrogens with one attached hydrogen (secondary N) is 1. The molecule has 2 aromatic rings. The van der Waals surface area contributed by atoms with E-state index in [2.05, 4.69) is 5.32 Å². The molecule has 1 atom stereocenters. The third-order valence-electron chi connectivity index (χ3n) is 5.60. The van der Waals surface area contributed by atoms with Crippen LogP contribution in [0.3, 0.4) is 0 Å². The maximum Gasteiger partial charge on any atom is 0.239 e. The highest BCUT2D eigenvalue weighted by Gasteiger charge is 2.35. The molecule has 0 bridgehead atoms. The summed E-state index contributed by atoms with van der Waals surface area (Å²) in [6.45, 7) is 2.70. The Bertz CT molecular complexity index is 852. The molecule has 0 spiro atoms. The number of para-hydroxylation sites is 1. The lowest BCUT2D eigenvalue weighted by Crippen LogP contribution is -2.49. The van der Waals surface area contributed by atoms with Crippen molar-refractivity contribution in [3.05, 3.63) is 54.6 Å². The number of thioether (sulfide) groups is 1. The van der Waals surface area contributed by atoms with Gasteiger partial charge in [-0.2, -0.15) is 11.8 Å². The minimum Gasteiger partial charge on any atom is -0.340 e. The molecule has 2 heterocycles. The molecule has 5 nitrogen and oxygen atoms in total. The van der Waals surface area contributed by atoms with Crippen molar-refractivity contribution >= 4 is 29.3 Å². The number of carbonyl (C=O) groups excluding carboxylic acids is 2. The fraction of sp³-hybridized carbons (Fsp3) is 0.391. The van der Waals surface area contributed by atoms with Crippen LogP contribution < -0.4 is 5.32 Å². The summed E-state index contributed by atoms with van der Waals surface area (Å²) in [5.41, 5.74) is 2.88. The Labute approximate surface area is 176 Å². The topological polar surface area (TPSA) is 52.7 Å². The number of rotatable bonds is 5. The second-order valence-corrected chi connectivity index (χ2v) is 8.75. The van der Waals surface area contributed by atoms with Gasteiger partial charge >= 0.3 is 0 Å². The summed E-state index contributed by atoms with van der Waals surface area (Å²) in [4.78, 5) is 29.8. The Hall–Kier alpha value is -2.31. The van der Waals surface area contributed by atoms with Gasteiger partial charge in [0.15, 0.2) is 0 Å². The standard InChI is InChI=1S/C23H27N3O2S/c27-22(24-20-10-5-4-9-19(20)18-7-2-1-3-8-18)17-26-12-6-11-21(26)23(28)25-13-15-29-16-14-25/h1-5,7-10,21H,6,11-17H2,(H,24,27). The van der Waals surface area contributed by atoms with Crippen molar-refractivity contribution in [2.45, 2.75) is 18.9 Å². The first-order valence-corrected chi connectivity index (χ1v) is 11.4. The second-order valence-electron chi connectivity index (χ2n) is 7.53. The highest BCUT2D eigenvalue weighted by molar-refractivity contribution is 7.99. The van der Waals surface area contributed by atoms with Crippen LogP contribution in [0.5, 0.6) is 0 Å². The van der Waals surface area contributed by atoms with Crippen LogP contribution in [0.1, 0.15) is 12.8 Å². The third-order valence-corrected chi connectivity index (χ3v) is 6.55. The van der Waals surface area contributed by atoms with Crippen molar-refractivity contribution in [3.63, 3.8) is 0 Å². The van der Waals surface area contributed by atoms with E-state index in [4.69, 9.17) is 0 Å². The number of anilines is 1. The average molecular weight is 410 g/mol. The number of amides is 2. The van der Waals surface area contributed by atoms with Crippen molar-refractivity contribution in [1.82, 2.24) is 9.80 Å². The first-order valence-electron chi connectivity index (χ1n) is 10.3. The smallest absolute Gasteiger partial charge is 0.239 e. The van der Waals surface area contributed by atoms with E-state index in [9.17, 15) is 9.59 Å². The first kappa shape index (κ1) is 20.0. The van der Waals surface area contributed by atoms with E-state index in [1.165, 1.54) is 0 Å². The number of nitrogens with zero attached hydrogens (tertiary/aromatic N) is 2. The van der Waals surface area contributed by atoms with Crippen LogP contribution in [0.4, 0.5) is 5.69 Å². The van der Waals surface area contributed by atoms with E-state index in [-0.39, 0.29) is 24.4 Å². The molecule has 0 aliphatic carbocycles. The third kappa shape index (κ3) is 4.82. The maximum absolute atomic E-state index is 12.9. The summed E-state index contributed by atoms with van der Waals surface area (Å²) < 4.78 is 0. The molecular formula is C23H27N3O2S. The lowest BCUT2D eigenvalue weighted by Gasteiger charge is -2.32. The Morgan fingerprint density at radius 2 is 1.69 bits per heavy atom. The number of hydrogen-bond donors (Lipinski definition) is 1. The minimum absolute atomic E-state index is 0.0673. The molecule has 4 rings (SSSR count). The van der Waals surface area contributed by atoms with Gasteiger partial charge in [-0.25, -0.2) is 0 Å². The summed E-state index contributed by atoms with van der Waals surface area (Å²) in [6, 6.07) is 17.7. The van der Waals surface area contributed by atoms with Gasteiger partial charge in [0, 0.05) is 35.8 Å². The molecule has 2 amide bonds. The Morgan fingerprint density at radius 1 is 0.966 bits per heavy atom. The number of likely N-dealkylation sites (tertiary alicyclic amines) is 1. The molecule has 152 valence electrons. The molecule has 1 N–H and O–H groups in total. The number of carbonyl (C=O) groups is 2. The zero-order valence-electron chi connectivity index (χ0n) is 16.5. The van der Waals surface area contributed by atoms with E-state index in [1.807, 2.05) is 76.2 Å². The van der Waals surface area contributed by atoms with Crippen LogP contribution in [0.15, 0.2) is 54.6 Å². The minimum atomic E-state index is -0.159. The molecule has 2 aromatic carbocycles. The van der Waals surface area contributed by atoms with Crippen LogP contribution in [-0.2, 0) is 9.59 Å². The van der Waals surface area contributed by atoms with Gasteiger partial charge in [0.2, 0.25) is 11.8 Å². The van der Waals surface area contributed by atoms with Crippen molar-refractivity contribution in [2.24, 2.45) is 0 Å². The summed E-state index contributed by atoms with van der Waals surface area (Å²) in [5.74, 6) is 2.15. The number of benzene rings is 2. The monoisotopic (exact) mass is 409 g/mol. The van der Waals surface area contributed by atoms with Gasteiger partial charge in [-0.05, 0) is 31.0 Å². The van der Waals surface area contributed by atoms with E-state index in [1.54, 1.807) is 0 Å². The molecule has 0 radical (unpaired) electrons. The quantitative estimate of drug-likeness (QED) is 0.823. The van der Waals surface area contributed by atoms with E-state index in [0.29, 0.717) is 0 Å². The molecule has 0 saturated carbocycles. The van der Waals surface area contributed by atoms with Crippen molar-refractivity contribution in [3.8, 4) is 11.1 Å². The van der Waals surface area contributed by atoms with E-state index in [0.717, 1.165) is 60.8 Å². The van der Waals surface area contributed by atoms with Gasteiger partial charge in [0.1, 0.15) is 0 Å². The van der Waals surface area contributed by atoms with Gasteiger partial charge < -0.3 is 10.2 Å². The van der Waals surface area contributed by atoms with E-state index >= 15 is 0 Å². The summed E-state index contributed by atoms with van der Waals surface area (Å²) in [6.07, 6.45) is 1.81. The zero-order chi connectivity index (χ0) is 20.1. The molecular weight excluding hydrogens is 382 g/mol. The average Bonchev–Trinajstić information content (AvgIpc) is 3.22.